The van der Waals surface area contributed by atoms with Gasteiger partial charge >= 0.3 is 0 Å². The van der Waals surface area contributed by atoms with Crippen molar-refractivity contribution in [2.45, 2.75) is 6.92 Å². The van der Waals surface area contributed by atoms with E-state index in [-0.39, 0.29) is 0 Å². The lowest BCUT2D eigenvalue weighted by atomic mass is 10.3. The maximum Gasteiger partial charge on any atom is 0.224 e. The number of nitrogens with zero attached hydrogens (tertiary/aromatic N) is 3. The average Bonchev–Trinajstić information content (AvgIpc) is 2.73. The molecule has 0 spiro atoms. The molecule has 0 saturated carbocycles. The van der Waals surface area contributed by atoms with E-state index in [4.69, 9.17) is 0 Å². The summed E-state index contributed by atoms with van der Waals surface area (Å²) in [6.45, 7) is 1.93. The first kappa shape index (κ1) is 11.7. The Balaban J connectivity index is 1.95. The largest absolute Gasteiger partial charge is 0.378 e. The summed E-state index contributed by atoms with van der Waals surface area (Å²) in [4.78, 5) is 2.06. The second-order valence-electron chi connectivity index (χ2n) is 3.82. The number of aromatic nitrogens is 2. The highest BCUT2D eigenvalue weighted by atomic mass is 32.1. The lowest BCUT2D eigenvalue weighted by molar-refractivity contribution is 1.05. The minimum atomic E-state index is 0.763. The van der Waals surface area contributed by atoms with Crippen LogP contribution in [0.5, 0.6) is 0 Å². The molecule has 1 aromatic carbocycles. The van der Waals surface area contributed by atoms with E-state index in [2.05, 4.69) is 38.1 Å². The second kappa shape index (κ2) is 5.01. The van der Waals surface area contributed by atoms with Crippen molar-refractivity contribution >= 4 is 27.8 Å². The minimum absolute atomic E-state index is 0.763. The molecule has 5 nitrogen and oxygen atoms in total. The highest BCUT2D eigenvalue weighted by Crippen LogP contribution is 2.17. The number of hydrazine groups is 1. The Morgan fingerprint density at radius 2 is 1.76 bits per heavy atom. The van der Waals surface area contributed by atoms with Crippen LogP contribution in [-0.4, -0.2) is 24.3 Å². The molecule has 0 aliphatic carbocycles. The van der Waals surface area contributed by atoms with Crippen molar-refractivity contribution in [3.63, 3.8) is 0 Å². The number of anilines is 3. The number of rotatable bonds is 4. The first-order valence-corrected chi connectivity index (χ1v) is 6.06. The first-order valence-electron chi connectivity index (χ1n) is 5.24. The van der Waals surface area contributed by atoms with Crippen molar-refractivity contribution in [3.05, 3.63) is 29.3 Å². The van der Waals surface area contributed by atoms with Gasteiger partial charge in [0.15, 0.2) is 0 Å². The molecule has 2 rings (SSSR count). The molecule has 0 aliphatic rings. The Hall–Kier alpha value is -1.82. The molecule has 0 atom stereocenters. The van der Waals surface area contributed by atoms with Gasteiger partial charge in [0.05, 0.1) is 5.69 Å². The summed E-state index contributed by atoms with van der Waals surface area (Å²) >= 11 is 1.51. The summed E-state index contributed by atoms with van der Waals surface area (Å²) in [6, 6.07) is 8.12. The number of nitrogens with one attached hydrogen (secondary N) is 2. The average molecular weight is 249 g/mol. The van der Waals surface area contributed by atoms with Gasteiger partial charge in [0.1, 0.15) is 5.01 Å². The van der Waals surface area contributed by atoms with Crippen molar-refractivity contribution < 1.29 is 0 Å². The van der Waals surface area contributed by atoms with Crippen LogP contribution in [-0.2, 0) is 0 Å². The quantitative estimate of drug-likeness (QED) is 0.815. The van der Waals surface area contributed by atoms with Gasteiger partial charge in [-0.1, -0.05) is 11.3 Å². The van der Waals surface area contributed by atoms with E-state index in [1.807, 2.05) is 33.2 Å². The third-order valence-corrected chi connectivity index (χ3v) is 2.98. The topological polar surface area (TPSA) is 53.1 Å². The van der Waals surface area contributed by atoms with E-state index >= 15 is 0 Å². The van der Waals surface area contributed by atoms with E-state index in [1.54, 1.807) is 0 Å². The summed E-state index contributed by atoms with van der Waals surface area (Å²) < 4.78 is 0. The minimum Gasteiger partial charge on any atom is -0.378 e. The monoisotopic (exact) mass is 249 g/mol. The van der Waals surface area contributed by atoms with Crippen LogP contribution in [0.2, 0.25) is 0 Å². The second-order valence-corrected chi connectivity index (χ2v) is 5.00. The molecule has 0 bridgehead atoms. The number of hydrogen-bond donors (Lipinski definition) is 2. The molecule has 0 fully saturated rings. The zero-order valence-corrected chi connectivity index (χ0v) is 10.9. The lowest BCUT2D eigenvalue weighted by Gasteiger charge is -2.13. The number of hydrogen-bond acceptors (Lipinski definition) is 6. The van der Waals surface area contributed by atoms with Crippen molar-refractivity contribution in [3.8, 4) is 0 Å². The molecule has 17 heavy (non-hydrogen) atoms. The molecule has 0 saturated heterocycles. The highest BCUT2D eigenvalue weighted by molar-refractivity contribution is 7.15. The van der Waals surface area contributed by atoms with Gasteiger partial charge in [-0.3, -0.25) is 10.9 Å². The summed E-state index contributed by atoms with van der Waals surface area (Å²) in [6.07, 6.45) is 0. The van der Waals surface area contributed by atoms with Crippen molar-refractivity contribution in [1.82, 2.24) is 10.2 Å². The molecular formula is C11H15N5S. The number of benzene rings is 1. The van der Waals surface area contributed by atoms with Gasteiger partial charge in [0.2, 0.25) is 5.13 Å². The Labute approximate surface area is 104 Å². The molecular weight excluding hydrogens is 234 g/mol. The molecule has 0 aliphatic heterocycles. The van der Waals surface area contributed by atoms with E-state index in [9.17, 15) is 0 Å². The summed E-state index contributed by atoms with van der Waals surface area (Å²) in [5, 5.41) is 9.59. The smallest absolute Gasteiger partial charge is 0.224 e. The van der Waals surface area contributed by atoms with E-state index in [0.717, 1.165) is 15.8 Å². The van der Waals surface area contributed by atoms with Gasteiger partial charge in [-0.2, -0.15) is 0 Å². The molecule has 0 amide bonds. The fourth-order valence-corrected chi connectivity index (χ4v) is 1.86. The van der Waals surface area contributed by atoms with Crippen molar-refractivity contribution in [2.75, 3.05) is 29.8 Å². The van der Waals surface area contributed by atoms with Crippen LogP contribution in [0, 0.1) is 6.92 Å². The Kier molecular flexibility index (Phi) is 3.43. The molecule has 1 aromatic heterocycles. The molecule has 6 heteroatoms. The van der Waals surface area contributed by atoms with Gasteiger partial charge < -0.3 is 4.90 Å². The van der Waals surface area contributed by atoms with Crippen LogP contribution >= 0.6 is 11.3 Å². The molecule has 2 N–H and O–H groups in total. The van der Waals surface area contributed by atoms with Crippen LogP contribution < -0.4 is 15.8 Å². The van der Waals surface area contributed by atoms with Crippen LogP contribution in [0.4, 0.5) is 16.5 Å². The third kappa shape index (κ3) is 3.07. The zero-order chi connectivity index (χ0) is 12.3. The molecule has 1 heterocycles. The maximum atomic E-state index is 3.96. The van der Waals surface area contributed by atoms with E-state index in [1.165, 1.54) is 17.0 Å². The SMILES string of the molecule is Cc1nnc(NNc2ccc(N(C)C)cc2)s1. The van der Waals surface area contributed by atoms with Gasteiger partial charge in [0.25, 0.3) is 0 Å². The zero-order valence-electron chi connectivity index (χ0n) is 10.1. The fourth-order valence-electron chi connectivity index (χ4n) is 1.32. The Morgan fingerprint density at radius 1 is 1.06 bits per heavy atom. The van der Waals surface area contributed by atoms with Crippen LogP contribution in [0.1, 0.15) is 5.01 Å². The van der Waals surface area contributed by atoms with Crippen LogP contribution in [0.15, 0.2) is 24.3 Å². The predicted octanol–water partition coefficient (Wildman–Crippen LogP) is 2.35. The Bertz CT molecular complexity index is 477. The molecule has 0 unspecified atom stereocenters. The summed E-state index contributed by atoms with van der Waals surface area (Å²) in [5.74, 6) is 0. The molecule has 0 radical (unpaired) electrons. The van der Waals surface area contributed by atoms with Crippen molar-refractivity contribution in [2.24, 2.45) is 0 Å². The maximum absolute atomic E-state index is 3.96. The molecule has 2 aromatic rings. The van der Waals surface area contributed by atoms with E-state index in [0.29, 0.717) is 0 Å². The van der Waals surface area contributed by atoms with Gasteiger partial charge in [-0.05, 0) is 31.2 Å². The van der Waals surface area contributed by atoms with Crippen LogP contribution in [0.3, 0.4) is 0 Å². The van der Waals surface area contributed by atoms with E-state index < -0.39 is 0 Å². The Morgan fingerprint density at radius 3 is 2.29 bits per heavy atom. The van der Waals surface area contributed by atoms with Crippen molar-refractivity contribution in [1.29, 1.82) is 0 Å². The summed E-state index contributed by atoms with van der Waals surface area (Å²) in [5.41, 5.74) is 8.25. The van der Waals surface area contributed by atoms with Crippen LogP contribution in [0.25, 0.3) is 0 Å². The fraction of sp³-hybridized carbons (Fsp3) is 0.273. The van der Waals surface area contributed by atoms with Gasteiger partial charge in [-0.25, -0.2) is 0 Å². The highest BCUT2D eigenvalue weighted by Gasteiger charge is 1.99. The first-order chi connectivity index (χ1) is 8.15. The summed E-state index contributed by atoms with van der Waals surface area (Å²) in [7, 11) is 4.04. The lowest BCUT2D eigenvalue weighted by Crippen LogP contribution is -2.10. The molecule has 90 valence electrons. The normalized spacial score (nSPS) is 10.1. The standard InChI is InChI=1S/C11H15N5S/c1-8-12-14-11(17-8)15-13-9-4-6-10(7-5-9)16(2)3/h4-7,13H,1-3H3,(H,14,15). The van der Waals surface area contributed by atoms with Gasteiger partial charge in [0, 0.05) is 19.8 Å². The number of aryl methyl sites for hydroxylation is 1. The predicted molar refractivity (Wildman–Crippen MR) is 72.7 cm³/mol. The third-order valence-electron chi connectivity index (χ3n) is 2.22. The van der Waals surface area contributed by atoms with Gasteiger partial charge in [-0.15, -0.1) is 10.2 Å².